The van der Waals surface area contributed by atoms with Gasteiger partial charge in [0.25, 0.3) is 5.56 Å². The molecule has 2 unspecified atom stereocenters. The Morgan fingerprint density at radius 2 is 2.39 bits per heavy atom. The van der Waals surface area contributed by atoms with E-state index in [-0.39, 0.29) is 5.56 Å². The number of nitrogens with one attached hydrogen (secondary N) is 1. The average Bonchev–Trinajstić information content (AvgIpc) is 2.28. The number of hydrogen-bond donors (Lipinski definition) is 1. The molecule has 0 radical (unpaired) electrons. The van der Waals surface area contributed by atoms with Crippen LogP contribution in [0.4, 0.5) is 0 Å². The molecule has 2 rings (SSSR count). The Morgan fingerprint density at radius 1 is 1.61 bits per heavy atom. The van der Waals surface area contributed by atoms with E-state index in [9.17, 15) is 4.79 Å². The molecule has 0 saturated heterocycles. The van der Waals surface area contributed by atoms with Crippen molar-refractivity contribution in [2.75, 3.05) is 6.61 Å². The highest BCUT2D eigenvalue weighted by Gasteiger charge is 2.39. The Hall–Kier alpha value is -1.16. The molecule has 4 heteroatoms. The first-order valence-electron chi connectivity index (χ1n) is 6.78. The van der Waals surface area contributed by atoms with Gasteiger partial charge in [-0.05, 0) is 39.0 Å². The van der Waals surface area contributed by atoms with Crippen molar-refractivity contribution in [1.82, 2.24) is 9.97 Å². The van der Waals surface area contributed by atoms with Gasteiger partial charge in [0.15, 0.2) is 0 Å². The van der Waals surface area contributed by atoms with Gasteiger partial charge in [-0.1, -0.05) is 13.3 Å². The van der Waals surface area contributed by atoms with Crippen LogP contribution in [0.15, 0.2) is 10.9 Å². The lowest BCUT2D eigenvalue weighted by Gasteiger charge is -2.38. The van der Waals surface area contributed by atoms with E-state index < -0.39 is 5.60 Å². The average molecular weight is 250 g/mol. The summed E-state index contributed by atoms with van der Waals surface area (Å²) in [6.45, 7) is 6.73. The molecule has 0 bridgehead atoms. The van der Waals surface area contributed by atoms with Gasteiger partial charge in [-0.15, -0.1) is 0 Å². The summed E-state index contributed by atoms with van der Waals surface area (Å²) < 4.78 is 6.00. The first-order valence-corrected chi connectivity index (χ1v) is 6.78. The molecule has 1 aromatic heterocycles. The first-order chi connectivity index (χ1) is 8.55. The van der Waals surface area contributed by atoms with Crippen LogP contribution in [0.25, 0.3) is 0 Å². The fraction of sp³-hybridized carbons (Fsp3) is 0.714. The van der Waals surface area contributed by atoms with Gasteiger partial charge < -0.3 is 9.72 Å². The van der Waals surface area contributed by atoms with Crippen LogP contribution in [-0.4, -0.2) is 16.6 Å². The molecule has 1 heterocycles. The second-order valence-corrected chi connectivity index (χ2v) is 5.36. The van der Waals surface area contributed by atoms with Gasteiger partial charge in [-0.25, -0.2) is 4.98 Å². The molecule has 0 spiro atoms. The molecule has 1 aliphatic rings. The van der Waals surface area contributed by atoms with Crippen LogP contribution in [0.1, 0.15) is 51.0 Å². The third kappa shape index (κ3) is 2.64. The molecular formula is C14H22N2O2. The molecular weight excluding hydrogens is 228 g/mol. The molecule has 0 aromatic carbocycles. The second kappa shape index (κ2) is 5.22. The summed E-state index contributed by atoms with van der Waals surface area (Å²) in [5, 5.41) is 0. The predicted molar refractivity (Wildman–Crippen MR) is 70.5 cm³/mol. The lowest BCUT2D eigenvalue weighted by molar-refractivity contribution is -0.0883. The summed E-state index contributed by atoms with van der Waals surface area (Å²) in [5.74, 6) is 1.32. The van der Waals surface area contributed by atoms with Crippen LogP contribution in [0.5, 0.6) is 0 Å². The number of ether oxygens (including phenoxy) is 1. The molecule has 1 saturated carbocycles. The summed E-state index contributed by atoms with van der Waals surface area (Å²) in [7, 11) is 0. The van der Waals surface area contributed by atoms with E-state index in [2.05, 4.69) is 16.9 Å². The van der Waals surface area contributed by atoms with Crippen LogP contribution in [-0.2, 0) is 10.3 Å². The molecule has 1 N–H and O–H groups in total. The summed E-state index contributed by atoms with van der Waals surface area (Å²) >= 11 is 0. The number of hydrogen-bond acceptors (Lipinski definition) is 3. The summed E-state index contributed by atoms with van der Waals surface area (Å²) in [6, 6.07) is 1.52. The highest BCUT2D eigenvalue weighted by molar-refractivity contribution is 5.09. The van der Waals surface area contributed by atoms with Gasteiger partial charge in [0.1, 0.15) is 11.4 Å². The zero-order chi connectivity index (χ0) is 13.2. The fourth-order valence-electron chi connectivity index (χ4n) is 2.99. The minimum atomic E-state index is -0.391. The van der Waals surface area contributed by atoms with Crippen molar-refractivity contribution in [2.24, 2.45) is 5.92 Å². The number of rotatable bonds is 3. The van der Waals surface area contributed by atoms with Gasteiger partial charge in [-0.2, -0.15) is 0 Å². The largest absolute Gasteiger partial charge is 0.367 e. The minimum absolute atomic E-state index is 0.0881. The fourth-order valence-corrected chi connectivity index (χ4v) is 2.99. The summed E-state index contributed by atoms with van der Waals surface area (Å²) in [4.78, 5) is 19.0. The van der Waals surface area contributed by atoms with Crippen molar-refractivity contribution < 1.29 is 4.74 Å². The van der Waals surface area contributed by atoms with Crippen molar-refractivity contribution in [2.45, 2.75) is 52.1 Å². The SMILES string of the molecule is CCOC1(c2nc(C)cc(=O)[nH]2)CCCC(C)C1. The number of aryl methyl sites for hydroxylation is 1. The molecule has 4 nitrogen and oxygen atoms in total. The Kier molecular flexibility index (Phi) is 3.85. The number of aromatic nitrogens is 2. The Morgan fingerprint density at radius 3 is 3.00 bits per heavy atom. The van der Waals surface area contributed by atoms with Gasteiger partial charge >= 0.3 is 0 Å². The van der Waals surface area contributed by atoms with Crippen LogP contribution in [0.2, 0.25) is 0 Å². The number of aromatic amines is 1. The Labute approximate surface area is 108 Å². The van der Waals surface area contributed by atoms with Gasteiger partial charge in [-0.3, -0.25) is 4.79 Å². The van der Waals surface area contributed by atoms with Crippen molar-refractivity contribution in [1.29, 1.82) is 0 Å². The van der Waals surface area contributed by atoms with Crippen LogP contribution >= 0.6 is 0 Å². The van der Waals surface area contributed by atoms with E-state index in [1.165, 1.54) is 12.5 Å². The molecule has 1 fully saturated rings. The van der Waals surface area contributed by atoms with E-state index in [0.717, 1.165) is 25.0 Å². The third-order valence-electron chi connectivity index (χ3n) is 3.68. The summed E-state index contributed by atoms with van der Waals surface area (Å²) in [6.07, 6.45) is 4.23. The molecule has 18 heavy (non-hydrogen) atoms. The zero-order valence-electron chi connectivity index (χ0n) is 11.5. The summed E-state index contributed by atoms with van der Waals surface area (Å²) in [5.41, 5.74) is 0.276. The molecule has 100 valence electrons. The Balaban J connectivity index is 2.42. The number of H-pyrrole nitrogens is 1. The second-order valence-electron chi connectivity index (χ2n) is 5.36. The first kappa shape index (κ1) is 13.3. The minimum Gasteiger partial charge on any atom is -0.367 e. The van der Waals surface area contributed by atoms with E-state index in [0.29, 0.717) is 18.3 Å². The zero-order valence-corrected chi connectivity index (χ0v) is 11.5. The van der Waals surface area contributed by atoms with Crippen molar-refractivity contribution in [3.8, 4) is 0 Å². The van der Waals surface area contributed by atoms with Gasteiger partial charge in [0, 0.05) is 18.4 Å². The van der Waals surface area contributed by atoms with Crippen molar-refractivity contribution in [3.05, 3.63) is 27.9 Å². The van der Waals surface area contributed by atoms with Gasteiger partial charge in [0.2, 0.25) is 0 Å². The molecule has 1 aromatic rings. The van der Waals surface area contributed by atoms with E-state index in [4.69, 9.17) is 4.74 Å². The maximum Gasteiger partial charge on any atom is 0.251 e. The maximum atomic E-state index is 11.6. The molecule has 1 aliphatic carbocycles. The molecule has 0 aliphatic heterocycles. The van der Waals surface area contributed by atoms with Crippen LogP contribution < -0.4 is 5.56 Å². The smallest absolute Gasteiger partial charge is 0.251 e. The quantitative estimate of drug-likeness (QED) is 0.896. The van der Waals surface area contributed by atoms with Crippen molar-refractivity contribution in [3.63, 3.8) is 0 Å². The van der Waals surface area contributed by atoms with E-state index >= 15 is 0 Å². The van der Waals surface area contributed by atoms with Gasteiger partial charge in [0.05, 0.1) is 0 Å². The van der Waals surface area contributed by atoms with Crippen molar-refractivity contribution >= 4 is 0 Å². The van der Waals surface area contributed by atoms with E-state index in [1.807, 2.05) is 13.8 Å². The standard InChI is InChI=1S/C14H22N2O2/c1-4-18-14(7-5-6-10(2)9-14)13-15-11(3)8-12(17)16-13/h8,10H,4-7,9H2,1-3H3,(H,15,16,17). The normalized spacial score (nSPS) is 28.3. The highest BCUT2D eigenvalue weighted by atomic mass is 16.5. The molecule has 2 atom stereocenters. The van der Waals surface area contributed by atoms with E-state index in [1.54, 1.807) is 0 Å². The maximum absolute atomic E-state index is 11.6. The van der Waals surface area contributed by atoms with Crippen LogP contribution in [0.3, 0.4) is 0 Å². The highest BCUT2D eigenvalue weighted by Crippen LogP contribution is 2.41. The lowest BCUT2D eigenvalue weighted by Crippen LogP contribution is -2.38. The Bertz CT molecular complexity index is 465. The topological polar surface area (TPSA) is 55.0 Å². The number of nitrogens with zero attached hydrogens (tertiary/aromatic N) is 1. The monoisotopic (exact) mass is 250 g/mol. The molecule has 0 amide bonds. The third-order valence-corrected chi connectivity index (χ3v) is 3.68. The lowest BCUT2D eigenvalue weighted by atomic mass is 9.78. The predicted octanol–water partition coefficient (Wildman–Crippen LogP) is 2.52. The van der Waals surface area contributed by atoms with Crippen LogP contribution in [0, 0.1) is 12.8 Å².